The van der Waals surface area contributed by atoms with Crippen LogP contribution < -0.4 is 0 Å². The first-order valence-electron chi connectivity index (χ1n) is 5.65. The van der Waals surface area contributed by atoms with Crippen molar-refractivity contribution in [3.8, 4) is 10.4 Å². The smallest absolute Gasteiger partial charge is 0.255 e. The molecule has 5 heteroatoms. The zero-order chi connectivity index (χ0) is 14.5. The summed E-state index contributed by atoms with van der Waals surface area (Å²) < 4.78 is 47.2. The van der Waals surface area contributed by atoms with Crippen LogP contribution in [0.2, 0.25) is 0 Å². The van der Waals surface area contributed by atoms with Crippen molar-refractivity contribution in [2.45, 2.75) is 19.5 Å². The second kappa shape index (κ2) is 6.70. The van der Waals surface area contributed by atoms with Crippen molar-refractivity contribution in [2.75, 3.05) is 7.18 Å². The third-order valence-electron chi connectivity index (χ3n) is 2.48. The fraction of sp³-hybridized carbons (Fsp3) is 0.286. The molecular formula is C14H14F4S. The van der Waals surface area contributed by atoms with Gasteiger partial charge < -0.3 is 0 Å². The molecule has 0 aliphatic carbocycles. The molecule has 104 valence electrons. The molecule has 0 saturated heterocycles. The summed E-state index contributed by atoms with van der Waals surface area (Å²) in [4.78, 5) is 2.06. The highest BCUT2D eigenvalue weighted by molar-refractivity contribution is 7.15. The molecule has 0 spiro atoms. The van der Waals surface area contributed by atoms with Gasteiger partial charge in [0.15, 0.2) is 0 Å². The minimum atomic E-state index is -4.28. The molecule has 0 aliphatic rings. The van der Waals surface area contributed by atoms with Crippen molar-refractivity contribution < 1.29 is 17.6 Å². The molecule has 0 bridgehead atoms. The molecule has 1 aromatic carbocycles. The van der Waals surface area contributed by atoms with Gasteiger partial charge in [0, 0.05) is 9.75 Å². The van der Waals surface area contributed by atoms with Gasteiger partial charge in [-0.3, -0.25) is 4.39 Å². The average molecular weight is 290 g/mol. The number of hydrogen-bond donors (Lipinski definition) is 0. The fourth-order valence-electron chi connectivity index (χ4n) is 1.57. The van der Waals surface area contributed by atoms with Crippen molar-refractivity contribution in [1.29, 1.82) is 0 Å². The number of halogens is 4. The van der Waals surface area contributed by atoms with Gasteiger partial charge in [-0.1, -0.05) is 19.1 Å². The zero-order valence-electron chi connectivity index (χ0n) is 10.6. The molecular weight excluding hydrogens is 276 g/mol. The number of rotatable bonds is 2. The maximum Gasteiger partial charge on any atom is 0.416 e. The van der Waals surface area contributed by atoms with Crippen LogP contribution in [0.4, 0.5) is 17.6 Å². The van der Waals surface area contributed by atoms with E-state index in [0.717, 1.165) is 17.4 Å². The van der Waals surface area contributed by atoms with Crippen LogP contribution in [0.3, 0.4) is 0 Å². The van der Waals surface area contributed by atoms with Crippen molar-refractivity contribution in [1.82, 2.24) is 0 Å². The van der Waals surface area contributed by atoms with E-state index in [4.69, 9.17) is 0 Å². The number of benzene rings is 1. The lowest BCUT2D eigenvalue weighted by Crippen LogP contribution is -2.04. The Balaban J connectivity index is 0.000000861. The summed E-state index contributed by atoms with van der Waals surface area (Å²) in [6.07, 6.45) is -3.37. The lowest BCUT2D eigenvalue weighted by molar-refractivity contribution is -0.137. The topological polar surface area (TPSA) is 0 Å². The molecule has 2 aromatic rings. The summed E-state index contributed by atoms with van der Waals surface area (Å²) in [7, 11) is 0.500. The second-order valence-corrected chi connectivity index (χ2v) is 4.87. The molecule has 19 heavy (non-hydrogen) atoms. The lowest BCUT2D eigenvalue weighted by atomic mass is 10.1. The van der Waals surface area contributed by atoms with Crippen molar-refractivity contribution >= 4 is 11.3 Å². The van der Waals surface area contributed by atoms with E-state index < -0.39 is 11.7 Å². The molecule has 0 fully saturated rings. The van der Waals surface area contributed by atoms with E-state index in [9.17, 15) is 17.6 Å². The van der Waals surface area contributed by atoms with Crippen LogP contribution in [-0.4, -0.2) is 7.18 Å². The van der Waals surface area contributed by atoms with E-state index in [1.54, 1.807) is 6.07 Å². The first-order valence-corrected chi connectivity index (χ1v) is 6.46. The van der Waals surface area contributed by atoms with E-state index in [-0.39, 0.29) is 0 Å². The summed E-state index contributed by atoms with van der Waals surface area (Å²) in [5, 5.41) is 0. The molecule has 0 radical (unpaired) electrons. The van der Waals surface area contributed by atoms with Crippen LogP contribution >= 0.6 is 11.3 Å². The van der Waals surface area contributed by atoms with Gasteiger partial charge in [-0.05, 0) is 36.2 Å². The Morgan fingerprint density at radius 2 is 1.74 bits per heavy atom. The molecule has 0 aliphatic heterocycles. The largest absolute Gasteiger partial charge is 0.416 e. The summed E-state index contributed by atoms with van der Waals surface area (Å²) in [5.74, 6) is 0. The molecule has 1 heterocycles. The van der Waals surface area contributed by atoms with Crippen molar-refractivity contribution in [2.24, 2.45) is 0 Å². The normalized spacial score (nSPS) is 10.8. The third kappa shape index (κ3) is 4.06. The Hall–Kier alpha value is -1.36. The van der Waals surface area contributed by atoms with Crippen LogP contribution in [0.25, 0.3) is 10.4 Å². The lowest BCUT2D eigenvalue weighted by Gasteiger charge is -2.07. The summed E-state index contributed by atoms with van der Waals surface area (Å²) in [5.41, 5.74) is 0.0333. The van der Waals surface area contributed by atoms with Crippen LogP contribution in [-0.2, 0) is 12.6 Å². The Labute approximate surface area is 113 Å². The molecule has 0 atom stereocenters. The number of alkyl halides is 4. The highest BCUT2D eigenvalue weighted by Gasteiger charge is 2.30. The predicted octanol–water partition coefficient (Wildman–Crippen LogP) is 5.58. The molecule has 0 saturated carbocycles. The molecule has 2 rings (SSSR count). The quantitative estimate of drug-likeness (QED) is 0.633. The molecule has 0 unspecified atom stereocenters. The van der Waals surface area contributed by atoms with Gasteiger partial charge in [0.1, 0.15) is 0 Å². The molecule has 0 amide bonds. The number of aryl methyl sites for hydroxylation is 1. The van der Waals surface area contributed by atoms with Crippen molar-refractivity contribution in [3.63, 3.8) is 0 Å². The third-order valence-corrected chi connectivity index (χ3v) is 3.76. The van der Waals surface area contributed by atoms with Gasteiger partial charge >= 0.3 is 6.18 Å². The van der Waals surface area contributed by atoms with E-state index in [0.29, 0.717) is 12.7 Å². The standard InChI is InChI=1S/C13H11F3S.CH3F/c1-2-11-6-7-12(17-11)9-4-3-5-10(8-9)13(14,15)16;1-2/h3-8H,2H2,1H3;1H3. The van der Waals surface area contributed by atoms with Crippen molar-refractivity contribution in [3.05, 3.63) is 46.8 Å². The van der Waals surface area contributed by atoms with Crippen LogP contribution in [0.5, 0.6) is 0 Å². The van der Waals surface area contributed by atoms with E-state index in [2.05, 4.69) is 0 Å². The summed E-state index contributed by atoms with van der Waals surface area (Å²) in [6.45, 7) is 2.03. The Kier molecular flexibility index (Phi) is 5.54. The number of thiophene rings is 1. The van der Waals surface area contributed by atoms with Gasteiger partial charge in [-0.25, -0.2) is 0 Å². The second-order valence-electron chi connectivity index (χ2n) is 3.70. The van der Waals surface area contributed by atoms with Gasteiger partial charge in [-0.2, -0.15) is 13.2 Å². The molecule has 0 nitrogen and oxygen atoms in total. The predicted molar refractivity (Wildman–Crippen MR) is 71.2 cm³/mol. The first-order chi connectivity index (χ1) is 9.00. The van der Waals surface area contributed by atoms with Crippen LogP contribution in [0.1, 0.15) is 17.4 Å². The Morgan fingerprint density at radius 1 is 1.05 bits per heavy atom. The SMILES string of the molecule is CCc1ccc(-c2cccc(C(F)(F)F)c2)s1.CF. The van der Waals surface area contributed by atoms with Gasteiger partial charge in [-0.15, -0.1) is 11.3 Å². The van der Waals surface area contributed by atoms with Crippen LogP contribution in [0.15, 0.2) is 36.4 Å². The minimum Gasteiger partial charge on any atom is -0.255 e. The highest BCUT2D eigenvalue weighted by Crippen LogP contribution is 2.34. The molecule has 1 aromatic heterocycles. The van der Waals surface area contributed by atoms with Crippen LogP contribution in [0, 0.1) is 0 Å². The fourth-order valence-corrected chi connectivity index (χ4v) is 2.52. The van der Waals surface area contributed by atoms with Gasteiger partial charge in [0.25, 0.3) is 0 Å². The Morgan fingerprint density at radius 3 is 2.26 bits per heavy atom. The van der Waals surface area contributed by atoms with E-state index >= 15 is 0 Å². The zero-order valence-corrected chi connectivity index (χ0v) is 11.4. The van der Waals surface area contributed by atoms with Gasteiger partial charge in [0.2, 0.25) is 0 Å². The average Bonchev–Trinajstić information content (AvgIpc) is 2.89. The van der Waals surface area contributed by atoms with E-state index in [1.165, 1.54) is 28.3 Å². The first kappa shape index (κ1) is 15.7. The monoisotopic (exact) mass is 290 g/mol. The Bertz CT molecular complexity index is 514. The molecule has 0 N–H and O–H groups in total. The summed E-state index contributed by atoms with van der Waals surface area (Å²) in [6, 6.07) is 9.28. The summed E-state index contributed by atoms with van der Waals surface area (Å²) >= 11 is 1.54. The highest BCUT2D eigenvalue weighted by atomic mass is 32.1. The van der Waals surface area contributed by atoms with Gasteiger partial charge in [0.05, 0.1) is 12.7 Å². The maximum atomic E-state index is 12.6. The number of hydrogen-bond acceptors (Lipinski definition) is 1. The maximum absolute atomic E-state index is 12.6. The van der Waals surface area contributed by atoms with E-state index in [1.807, 2.05) is 19.1 Å². The minimum absolute atomic E-state index is 0.500.